The second kappa shape index (κ2) is 16.9. The van der Waals surface area contributed by atoms with E-state index in [2.05, 4.69) is 15.6 Å². The highest BCUT2D eigenvalue weighted by Crippen LogP contribution is 2.22. The Morgan fingerprint density at radius 2 is 1.56 bits per heavy atom. The van der Waals surface area contributed by atoms with E-state index in [9.17, 15) is 5.11 Å². The molecule has 5 N–H and O–H groups in total. The maximum Gasteiger partial charge on any atom is 0.141 e. The number of nitrogens with two attached hydrogens (primary N) is 1. The molecule has 0 saturated carbocycles. The largest absolute Gasteiger partial charge is 0.506 e. The summed E-state index contributed by atoms with van der Waals surface area (Å²) in [7, 11) is 0. The standard InChI is InChI=1S/C16H24N4O.4ClH/c17-8-2-9-18-10-3-11-19-12-14-7-6-13-4-1-5-15(21)16(13)20-14;;;;/h1,4-7,18-19,21H,2-3,8-12,17H2;4*1H. The fourth-order valence-electron chi connectivity index (χ4n) is 2.18. The lowest BCUT2D eigenvalue weighted by atomic mass is 10.2. The molecule has 0 aliphatic heterocycles. The second-order valence-electron chi connectivity index (χ2n) is 5.07. The topological polar surface area (TPSA) is 83.2 Å². The highest BCUT2D eigenvalue weighted by Gasteiger charge is 2.02. The Morgan fingerprint density at radius 1 is 0.880 bits per heavy atom. The molecule has 1 aromatic heterocycles. The molecule has 0 spiro atoms. The van der Waals surface area contributed by atoms with Crippen LogP contribution in [0.15, 0.2) is 30.3 Å². The third-order valence-corrected chi connectivity index (χ3v) is 3.33. The third kappa shape index (κ3) is 10.3. The lowest BCUT2D eigenvalue weighted by molar-refractivity contribution is 0.480. The van der Waals surface area contributed by atoms with E-state index in [1.165, 1.54) is 0 Å². The Balaban J connectivity index is -0.00000121. The molecule has 0 unspecified atom stereocenters. The molecule has 0 radical (unpaired) electrons. The first-order valence-corrected chi connectivity index (χ1v) is 7.50. The summed E-state index contributed by atoms with van der Waals surface area (Å²) in [6.45, 7) is 4.38. The number of phenols is 1. The zero-order valence-corrected chi connectivity index (χ0v) is 17.2. The monoisotopic (exact) mass is 432 g/mol. The molecule has 0 bridgehead atoms. The van der Waals surface area contributed by atoms with Crippen LogP contribution in [0.2, 0.25) is 0 Å². The van der Waals surface area contributed by atoms with Gasteiger partial charge in [0.05, 0.1) is 5.69 Å². The van der Waals surface area contributed by atoms with Crippen molar-refractivity contribution in [3.05, 3.63) is 36.0 Å². The molecule has 0 aliphatic rings. The number of para-hydroxylation sites is 1. The number of fused-ring (bicyclic) bond motifs is 1. The highest BCUT2D eigenvalue weighted by atomic mass is 35.5. The van der Waals surface area contributed by atoms with Gasteiger partial charge in [-0.1, -0.05) is 18.2 Å². The summed E-state index contributed by atoms with van der Waals surface area (Å²) in [5.41, 5.74) is 7.04. The van der Waals surface area contributed by atoms with E-state index >= 15 is 0 Å². The number of rotatable bonds is 9. The molecule has 0 atom stereocenters. The number of benzene rings is 1. The Morgan fingerprint density at radius 3 is 2.28 bits per heavy atom. The number of aromatic nitrogens is 1. The highest BCUT2D eigenvalue weighted by molar-refractivity contribution is 5.86. The van der Waals surface area contributed by atoms with Crippen molar-refractivity contribution >= 4 is 60.5 Å². The summed E-state index contributed by atoms with van der Waals surface area (Å²) in [5.74, 6) is 0.235. The van der Waals surface area contributed by atoms with Crippen molar-refractivity contribution in [2.45, 2.75) is 19.4 Å². The van der Waals surface area contributed by atoms with Crippen LogP contribution in [-0.4, -0.2) is 36.3 Å². The van der Waals surface area contributed by atoms with E-state index in [0.29, 0.717) is 12.1 Å². The molecular formula is C16H28Cl4N4O. The maximum atomic E-state index is 9.81. The van der Waals surface area contributed by atoms with Crippen LogP contribution in [-0.2, 0) is 6.54 Å². The van der Waals surface area contributed by atoms with E-state index in [4.69, 9.17) is 5.73 Å². The number of nitrogens with one attached hydrogen (secondary N) is 2. The molecule has 1 heterocycles. The lowest BCUT2D eigenvalue weighted by Crippen LogP contribution is -2.23. The van der Waals surface area contributed by atoms with E-state index in [-0.39, 0.29) is 55.4 Å². The number of phenolic OH excluding ortho intramolecular Hbond substituents is 1. The third-order valence-electron chi connectivity index (χ3n) is 3.33. The average Bonchev–Trinajstić information content (AvgIpc) is 2.51. The number of hydrogen-bond donors (Lipinski definition) is 4. The van der Waals surface area contributed by atoms with Gasteiger partial charge in [0, 0.05) is 11.9 Å². The van der Waals surface area contributed by atoms with E-state index < -0.39 is 0 Å². The number of halogens is 4. The number of pyridine rings is 1. The molecule has 25 heavy (non-hydrogen) atoms. The number of hydrogen-bond acceptors (Lipinski definition) is 5. The van der Waals surface area contributed by atoms with Crippen molar-refractivity contribution in [3.63, 3.8) is 0 Å². The number of aromatic hydroxyl groups is 1. The predicted octanol–water partition coefficient (Wildman–Crippen LogP) is 3.05. The van der Waals surface area contributed by atoms with Gasteiger partial charge in [0.2, 0.25) is 0 Å². The molecule has 0 saturated heterocycles. The van der Waals surface area contributed by atoms with Gasteiger partial charge >= 0.3 is 0 Å². The van der Waals surface area contributed by atoms with Crippen molar-refractivity contribution in [1.82, 2.24) is 15.6 Å². The van der Waals surface area contributed by atoms with Gasteiger partial charge in [-0.15, -0.1) is 49.6 Å². The van der Waals surface area contributed by atoms with Gasteiger partial charge in [-0.3, -0.25) is 0 Å². The van der Waals surface area contributed by atoms with Crippen molar-refractivity contribution in [1.29, 1.82) is 0 Å². The van der Waals surface area contributed by atoms with Crippen LogP contribution in [0.3, 0.4) is 0 Å². The van der Waals surface area contributed by atoms with Crippen molar-refractivity contribution in [2.75, 3.05) is 26.2 Å². The summed E-state index contributed by atoms with van der Waals surface area (Å²) in [4.78, 5) is 4.49. The molecule has 0 amide bonds. The minimum atomic E-state index is 0. The molecule has 2 rings (SSSR count). The maximum absolute atomic E-state index is 9.81. The van der Waals surface area contributed by atoms with Gasteiger partial charge < -0.3 is 21.5 Å². The normalized spacial score (nSPS) is 9.32. The molecular weight excluding hydrogens is 406 g/mol. The van der Waals surface area contributed by atoms with Crippen LogP contribution in [0.1, 0.15) is 18.5 Å². The van der Waals surface area contributed by atoms with Gasteiger partial charge in [0.25, 0.3) is 0 Å². The summed E-state index contributed by atoms with van der Waals surface area (Å²) < 4.78 is 0. The molecule has 9 heteroatoms. The van der Waals surface area contributed by atoms with Gasteiger partial charge in [-0.05, 0) is 51.2 Å². The molecule has 0 aliphatic carbocycles. The fourth-order valence-corrected chi connectivity index (χ4v) is 2.18. The molecule has 5 nitrogen and oxygen atoms in total. The van der Waals surface area contributed by atoms with Gasteiger partial charge in [-0.25, -0.2) is 4.98 Å². The van der Waals surface area contributed by atoms with Crippen molar-refractivity contribution in [2.24, 2.45) is 5.73 Å². The van der Waals surface area contributed by atoms with Crippen LogP contribution >= 0.6 is 49.6 Å². The molecule has 0 fully saturated rings. The minimum Gasteiger partial charge on any atom is -0.506 e. The Bertz CT molecular complexity index is 575. The van der Waals surface area contributed by atoms with Crippen LogP contribution < -0.4 is 16.4 Å². The van der Waals surface area contributed by atoms with Gasteiger partial charge in [-0.2, -0.15) is 0 Å². The van der Waals surface area contributed by atoms with Crippen LogP contribution in [0.5, 0.6) is 5.75 Å². The number of nitrogens with zero attached hydrogens (tertiary/aromatic N) is 1. The Hall–Kier alpha value is -0.530. The Labute approximate surface area is 174 Å². The van der Waals surface area contributed by atoms with Crippen LogP contribution in [0.4, 0.5) is 0 Å². The summed E-state index contributed by atoms with van der Waals surface area (Å²) in [5, 5.41) is 17.5. The molecule has 146 valence electrons. The summed E-state index contributed by atoms with van der Waals surface area (Å²) >= 11 is 0. The summed E-state index contributed by atoms with van der Waals surface area (Å²) in [6, 6.07) is 9.43. The van der Waals surface area contributed by atoms with E-state index in [1.54, 1.807) is 6.07 Å². The van der Waals surface area contributed by atoms with E-state index in [0.717, 1.165) is 50.1 Å². The summed E-state index contributed by atoms with van der Waals surface area (Å²) in [6.07, 6.45) is 2.10. The van der Waals surface area contributed by atoms with Crippen molar-refractivity contribution < 1.29 is 5.11 Å². The second-order valence-corrected chi connectivity index (χ2v) is 5.07. The van der Waals surface area contributed by atoms with Gasteiger partial charge in [0.15, 0.2) is 0 Å². The first-order chi connectivity index (χ1) is 10.3. The molecule has 1 aromatic carbocycles. The quantitative estimate of drug-likeness (QED) is 0.457. The smallest absolute Gasteiger partial charge is 0.141 e. The van der Waals surface area contributed by atoms with Gasteiger partial charge in [0.1, 0.15) is 11.3 Å². The van der Waals surface area contributed by atoms with E-state index in [1.807, 2.05) is 24.3 Å². The zero-order valence-electron chi connectivity index (χ0n) is 13.9. The Kier molecular flexibility index (Phi) is 19.8. The first kappa shape index (κ1) is 29.2. The minimum absolute atomic E-state index is 0. The fraction of sp³-hybridized carbons (Fsp3) is 0.438. The average molecular weight is 434 g/mol. The van der Waals surface area contributed by atoms with Crippen LogP contribution in [0, 0.1) is 0 Å². The van der Waals surface area contributed by atoms with Crippen LogP contribution in [0.25, 0.3) is 10.9 Å². The predicted molar refractivity (Wildman–Crippen MR) is 115 cm³/mol. The SMILES string of the molecule is Cl.Cl.Cl.Cl.NCCCNCCCNCc1ccc2cccc(O)c2n1. The zero-order chi connectivity index (χ0) is 14.9. The van der Waals surface area contributed by atoms with Crippen molar-refractivity contribution in [3.8, 4) is 5.75 Å². The molecule has 2 aromatic rings. The first-order valence-electron chi connectivity index (χ1n) is 7.50. The lowest BCUT2D eigenvalue weighted by Gasteiger charge is -2.07.